The number of hydrogen-bond donors (Lipinski definition) is 0. The summed E-state index contributed by atoms with van der Waals surface area (Å²) >= 11 is 0. The van der Waals surface area contributed by atoms with E-state index in [-0.39, 0.29) is 17.7 Å². The molecule has 1 saturated heterocycles. The van der Waals surface area contributed by atoms with Crippen LogP contribution in [0.2, 0.25) is 0 Å². The molecule has 0 N–H and O–H groups in total. The molecule has 21 heavy (non-hydrogen) atoms. The zero-order valence-electron chi connectivity index (χ0n) is 12.5. The molecule has 0 radical (unpaired) electrons. The van der Waals surface area contributed by atoms with Crippen LogP contribution in [0.5, 0.6) is 0 Å². The molecule has 0 bridgehead atoms. The number of amides is 1. The van der Waals surface area contributed by atoms with Crippen LogP contribution in [-0.4, -0.2) is 22.6 Å². The molecule has 1 aliphatic heterocycles. The minimum absolute atomic E-state index is 0.0157. The van der Waals surface area contributed by atoms with Gasteiger partial charge in [0.2, 0.25) is 11.8 Å². The van der Waals surface area contributed by atoms with E-state index in [0.717, 1.165) is 11.3 Å². The highest BCUT2D eigenvalue weighted by Gasteiger charge is 2.35. The van der Waals surface area contributed by atoms with E-state index in [1.54, 1.807) is 4.90 Å². The summed E-state index contributed by atoms with van der Waals surface area (Å²) in [7, 11) is 0. The van der Waals surface area contributed by atoms with Gasteiger partial charge in [-0.05, 0) is 24.6 Å². The average molecular weight is 285 g/mol. The van der Waals surface area contributed by atoms with Crippen LogP contribution in [0, 0.1) is 6.92 Å². The molecule has 0 unspecified atom stereocenters. The molecule has 0 spiro atoms. The lowest BCUT2D eigenvalue weighted by atomic mass is 10.1. The summed E-state index contributed by atoms with van der Waals surface area (Å²) in [6.07, 6.45) is 0.424. The molecule has 5 heteroatoms. The maximum atomic E-state index is 12.2. The molecule has 0 aliphatic carbocycles. The Labute approximate surface area is 124 Å². The molecule has 2 heterocycles. The van der Waals surface area contributed by atoms with E-state index >= 15 is 0 Å². The first-order valence-corrected chi connectivity index (χ1v) is 7.25. The van der Waals surface area contributed by atoms with Gasteiger partial charge < -0.3 is 9.42 Å². The highest BCUT2D eigenvalue weighted by molar-refractivity contribution is 5.96. The van der Waals surface area contributed by atoms with Crippen LogP contribution < -0.4 is 4.90 Å². The van der Waals surface area contributed by atoms with Gasteiger partial charge in [0.25, 0.3) is 0 Å². The van der Waals surface area contributed by atoms with Crippen LogP contribution in [0.15, 0.2) is 28.8 Å². The van der Waals surface area contributed by atoms with Crippen molar-refractivity contribution in [1.29, 1.82) is 0 Å². The fourth-order valence-electron chi connectivity index (χ4n) is 2.57. The van der Waals surface area contributed by atoms with Gasteiger partial charge in [0.1, 0.15) is 0 Å². The summed E-state index contributed by atoms with van der Waals surface area (Å²) in [5.41, 5.74) is 2.08. The number of carbonyl (C=O) groups excluding carboxylic acids is 1. The highest BCUT2D eigenvalue weighted by atomic mass is 16.5. The van der Waals surface area contributed by atoms with Crippen LogP contribution in [0.3, 0.4) is 0 Å². The molecule has 2 aromatic rings. The van der Waals surface area contributed by atoms with E-state index < -0.39 is 0 Å². The standard InChI is InChI=1S/C16H19N3O2/c1-10(2)15-17-16(21-18-15)12-8-14(20)19(9-12)13-6-4-5-11(3)7-13/h4-7,10,12H,8-9H2,1-3H3/t12-/m1/s1. The van der Waals surface area contributed by atoms with Crippen LogP contribution in [0.4, 0.5) is 5.69 Å². The smallest absolute Gasteiger partial charge is 0.232 e. The summed E-state index contributed by atoms with van der Waals surface area (Å²) in [6, 6.07) is 7.97. The molecule has 1 fully saturated rings. The second-order valence-corrected chi connectivity index (χ2v) is 5.89. The normalized spacial score (nSPS) is 18.8. The van der Waals surface area contributed by atoms with Crippen LogP contribution in [0.25, 0.3) is 0 Å². The van der Waals surface area contributed by atoms with Crippen LogP contribution in [-0.2, 0) is 4.79 Å². The predicted octanol–water partition coefficient (Wildman–Crippen LogP) is 3.02. The van der Waals surface area contributed by atoms with E-state index in [4.69, 9.17) is 4.52 Å². The summed E-state index contributed by atoms with van der Waals surface area (Å²) < 4.78 is 5.33. The number of carbonyl (C=O) groups is 1. The van der Waals surface area contributed by atoms with Crippen molar-refractivity contribution < 1.29 is 9.32 Å². The van der Waals surface area contributed by atoms with Gasteiger partial charge in [-0.3, -0.25) is 4.79 Å². The molecule has 1 aliphatic rings. The van der Waals surface area contributed by atoms with E-state index in [0.29, 0.717) is 24.7 Å². The Balaban J connectivity index is 1.80. The number of anilines is 1. The maximum absolute atomic E-state index is 12.2. The Morgan fingerprint density at radius 2 is 2.19 bits per heavy atom. The van der Waals surface area contributed by atoms with Gasteiger partial charge in [0.15, 0.2) is 5.82 Å². The first kappa shape index (κ1) is 13.8. The first-order chi connectivity index (χ1) is 10.0. The highest BCUT2D eigenvalue weighted by Crippen LogP contribution is 2.31. The van der Waals surface area contributed by atoms with E-state index in [1.807, 2.05) is 45.0 Å². The Bertz CT molecular complexity index is 663. The lowest BCUT2D eigenvalue weighted by Crippen LogP contribution is -2.24. The molecule has 1 atom stereocenters. The number of nitrogens with zero attached hydrogens (tertiary/aromatic N) is 3. The lowest BCUT2D eigenvalue weighted by molar-refractivity contribution is -0.117. The third-order valence-corrected chi connectivity index (χ3v) is 3.76. The minimum atomic E-state index is -0.0157. The van der Waals surface area contributed by atoms with Gasteiger partial charge >= 0.3 is 0 Å². The number of aromatic nitrogens is 2. The Kier molecular flexibility index (Phi) is 3.49. The number of benzene rings is 1. The van der Waals surface area contributed by atoms with E-state index in [2.05, 4.69) is 10.1 Å². The third kappa shape index (κ3) is 2.68. The van der Waals surface area contributed by atoms with Gasteiger partial charge in [-0.25, -0.2) is 0 Å². The molecule has 1 aromatic heterocycles. The van der Waals surface area contributed by atoms with Crippen molar-refractivity contribution in [3.8, 4) is 0 Å². The van der Waals surface area contributed by atoms with Gasteiger partial charge in [0, 0.05) is 24.6 Å². The van der Waals surface area contributed by atoms with Crippen molar-refractivity contribution in [2.75, 3.05) is 11.4 Å². The minimum Gasteiger partial charge on any atom is -0.339 e. The number of hydrogen-bond acceptors (Lipinski definition) is 4. The lowest BCUT2D eigenvalue weighted by Gasteiger charge is -2.16. The SMILES string of the molecule is Cc1cccc(N2C[C@H](c3nc(C(C)C)no3)CC2=O)c1. The third-order valence-electron chi connectivity index (χ3n) is 3.76. The van der Waals surface area contributed by atoms with Gasteiger partial charge in [-0.1, -0.05) is 31.1 Å². The molecule has 1 amide bonds. The second-order valence-electron chi connectivity index (χ2n) is 5.89. The zero-order valence-corrected chi connectivity index (χ0v) is 12.5. The monoisotopic (exact) mass is 285 g/mol. The molecule has 5 nitrogen and oxygen atoms in total. The fraction of sp³-hybridized carbons (Fsp3) is 0.438. The average Bonchev–Trinajstić information content (AvgIpc) is 3.05. The number of rotatable bonds is 3. The Morgan fingerprint density at radius 3 is 2.86 bits per heavy atom. The second kappa shape index (κ2) is 5.31. The molecule has 110 valence electrons. The Morgan fingerprint density at radius 1 is 1.38 bits per heavy atom. The summed E-state index contributed by atoms with van der Waals surface area (Å²) in [5.74, 6) is 1.59. The zero-order chi connectivity index (χ0) is 15.0. The van der Waals surface area contributed by atoms with Crippen molar-refractivity contribution in [3.05, 3.63) is 41.5 Å². The van der Waals surface area contributed by atoms with Crippen LogP contribution in [0.1, 0.15) is 49.4 Å². The van der Waals surface area contributed by atoms with Crippen molar-refractivity contribution in [1.82, 2.24) is 10.1 Å². The molecular formula is C16H19N3O2. The van der Waals surface area contributed by atoms with Gasteiger partial charge in [-0.2, -0.15) is 4.98 Å². The van der Waals surface area contributed by atoms with Gasteiger partial charge in [0.05, 0.1) is 5.92 Å². The molecular weight excluding hydrogens is 266 g/mol. The van der Waals surface area contributed by atoms with E-state index in [9.17, 15) is 4.79 Å². The summed E-state index contributed by atoms with van der Waals surface area (Å²) in [5, 5.41) is 3.98. The summed E-state index contributed by atoms with van der Waals surface area (Å²) in [4.78, 5) is 18.5. The maximum Gasteiger partial charge on any atom is 0.232 e. The molecule has 1 aromatic carbocycles. The largest absolute Gasteiger partial charge is 0.339 e. The van der Waals surface area contributed by atoms with Crippen molar-refractivity contribution in [2.24, 2.45) is 0 Å². The summed E-state index contributed by atoms with van der Waals surface area (Å²) in [6.45, 7) is 6.66. The fourth-order valence-corrected chi connectivity index (χ4v) is 2.57. The first-order valence-electron chi connectivity index (χ1n) is 7.25. The van der Waals surface area contributed by atoms with Crippen molar-refractivity contribution in [2.45, 2.75) is 39.0 Å². The quantitative estimate of drug-likeness (QED) is 0.869. The molecule has 0 saturated carbocycles. The topological polar surface area (TPSA) is 59.2 Å². The molecule has 3 rings (SSSR count). The Hall–Kier alpha value is -2.17. The van der Waals surface area contributed by atoms with E-state index in [1.165, 1.54) is 0 Å². The number of aryl methyl sites for hydroxylation is 1. The van der Waals surface area contributed by atoms with Crippen molar-refractivity contribution >= 4 is 11.6 Å². The predicted molar refractivity (Wildman–Crippen MR) is 79.3 cm³/mol. The van der Waals surface area contributed by atoms with Crippen LogP contribution >= 0.6 is 0 Å². The van der Waals surface area contributed by atoms with Crippen molar-refractivity contribution in [3.63, 3.8) is 0 Å². The van der Waals surface area contributed by atoms with Gasteiger partial charge in [-0.15, -0.1) is 0 Å².